The van der Waals surface area contributed by atoms with Gasteiger partial charge in [0.2, 0.25) is 5.91 Å². The molecule has 1 unspecified atom stereocenters. The summed E-state index contributed by atoms with van der Waals surface area (Å²) in [4.78, 5) is 21.5. The van der Waals surface area contributed by atoms with Gasteiger partial charge in [-0.3, -0.25) is 15.0 Å². The number of amides is 1. The second-order valence-corrected chi connectivity index (χ2v) is 8.87. The fourth-order valence-corrected chi connectivity index (χ4v) is 4.15. The fraction of sp³-hybridized carbons (Fsp3) is 0.292. The van der Waals surface area contributed by atoms with Crippen molar-refractivity contribution in [3.63, 3.8) is 0 Å². The van der Waals surface area contributed by atoms with Gasteiger partial charge in [0.05, 0.1) is 5.69 Å². The van der Waals surface area contributed by atoms with Gasteiger partial charge in [-0.15, -0.1) is 0 Å². The number of piperazine rings is 1. The Morgan fingerprint density at radius 1 is 1.33 bits per heavy atom. The molecular weight excluding hydrogens is 461 g/mol. The van der Waals surface area contributed by atoms with E-state index in [4.69, 9.17) is 16.9 Å². The lowest BCUT2D eigenvalue weighted by molar-refractivity contribution is -0.130. The highest BCUT2D eigenvalue weighted by Gasteiger charge is 2.26. The third-order valence-corrected chi connectivity index (χ3v) is 6.11. The van der Waals surface area contributed by atoms with Crippen LogP contribution in [0.15, 0.2) is 53.5 Å². The van der Waals surface area contributed by atoms with Crippen molar-refractivity contribution < 1.29 is 9.18 Å². The third kappa shape index (κ3) is 7.06. The normalized spacial score (nSPS) is 17.2. The van der Waals surface area contributed by atoms with Gasteiger partial charge in [0.15, 0.2) is 11.4 Å². The van der Waals surface area contributed by atoms with Gasteiger partial charge in [0.1, 0.15) is 5.82 Å². The molecule has 2 aromatic rings. The molecule has 0 aliphatic carbocycles. The summed E-state index contributed by atoms with van der Waals surface area (Å²) in [6.45, 7) is 4.85. The summed E-state index contributed by atoms with van der Waals surface area (Å²) in [6.07, 6.45) is 6.94. The van der Waals surface area contributed by atoms with Crippen LogP contribution in [0.1, 0.15) is 18.1 Å². The van der Waals surface area contributed by atoms with Crippen LogP contribution in [-0.4, -0.2) is 52.8 Å². The van der Waals surface area contributed by atoms with E-state index >= 15 is 0 Å². The van der Waals surface area contributed by atoms with E-state index in [9.17, 15) is 9.18 Å². The number of nitrogens with zero attached hydrogens (tertiary/aromatic N) is 4. The number of rotatable bonds is 5. The molecule has 0 aromatic heterocycles. The van der Waals surface area contributed by atoms with Crippen molar-refractivity contribution in [3.8, 4) is 6.19 Å². The van der Waals surface area contributed by atoms with Gasteiger partial charge >= 0.3 is 0 Å². The quantitative estimate of drug-likeness (QED) is 0.219. The molecule has 0 radical (unpaired) electrons. The maximum absolute atomic E-state index is 13.1. The first-order valence-electron chi connectivity index (χ1n) is 10.4. The van der Waals surface area contributed by atoms with Crippen LogP contribution in [0.4, 0.5) is 10.1 Å². The molecule has 2 aromatic carbocycles. The number of carbonyl (C=O) groups excluding carboxylic acids is 1. The SMILES string of the molecule is CSC(=Nc1cc(Cl)ccc1C=CC(=O)N1CCN(Cc2ccc(F)cc2)CC1C)NC#N. The maximum atomic E-state index is 13.1. The number of hydrogen-bond donors (Lipinski definition) is 1. The van der Waals surface area contributed by atoms with Crippen molar-refractivity contribution in [1.82, 2.24) is 15.1 Å². The molecule has 1 N–H and O–H groups in total. The molecule has 1 atom stereocenters. The predicted octanol–water partition coefficient (Wildman–Crippen LogP) is 4.65. The molecule has 1 aliphatic rings. The fourth-order valence-electron chi connectivity index (χ4n) is 3.65. The van der Waals surface area contributed by atoms with Crippen molar-refractivity contribution in [3.05, 3.63) is 70.5 Å². The largest absolute Gasteiger partial charge is 0.334 e. The molecule has 1 heterocycles. The first kappa shape index (κ1) is 24.8. The Morgan fingerprint density at radius 3 is 2.76 bits per heavy atom. The van der Waals surface area contributed by atoms with Gasteiger partial charge in [0, 0.05) is 48.9 Å². The number of hydrogen-bond acceptors (Lipinski definition) is 5. The van der Waals surface area contributed by atoms with Crippen molar-refractivity contribution >= 4 is 46.2 Å². The first-order valence-corrected chi connectivity index (χ1v) is 12.0. The molecular formula is C24H25ClFN5OS. The van der Waals surface area contributed by atoms with Crippen molar-refractivity contribution in [1.29, 1.82) is 5.26 Å². The van der Waals surface area contributed by atoms with Gasteiger partial charge in [-0.05, 0) is 49.1 Å². The first-order chi connectivity index (χ1) is 15.9. The molecule has 33 heavy (non-hydrogen) atoms. The Hall–Kier alpha value is -2.86. The summed E-state index contributed by atoms with van der Waals surface area (Å²) in [5.41, 5.74) is 2.34. The number of carbonyl (C=O) groups is 1. The zero-order chi connectivity index (χ0) is 23.8. The molecule has 172 valence electrons. The average molecular weight is 486 g/mol. The summed E-state index contributed by atoms with van der Waals surface area (Å²) in [5, 5.41) is 12.3. The Labute approximate surface area is 202 Å². The molecule has 1 aliphatic heterocycles. The molecule has 0 bridgehead atoms. The van der Waals surface area contributed by atoms with Crippen molar-refractivity contribution in [2.75, 3.05) is 25.9 Å². The third-order valence-electron chi connectivity index (χ3n) is 5.29. The molecule has 3 rings (SSSR count). The minimum Gasteiger partial charge on any atom is -0.334 e. The van der Waals surface area contributed by atoms with Crippen LogP contribution in [0, 0.1) is 17.3 Å². The number of amidine groups is 1. The van der Waals surface area contributed by atoms with Crippen LogP contribution in [0.2, 0.25) is 5.02 Å². The van der Waals surface area contributed by atoms with E-state index in [1.807, 2.05) is 24.3 Å². The van der Waals surface area contributed by atoms with Crippen LogP contribution in [0.3, 0.4) is 0 Å². The van der Waals surface area contributed by atoms with Gasteiger partial charge in [0.25, 0.3) is 0 Å². The van der Waals surface area contributed by atoms with E-state index in [1.54, 1.807) is 42.5 Å². The topological polar surface area (TPSA) is 71.7 Å². The minimum absolute atomic E-state index is 0.0435. The summed E-state index contributed by atoms with van der Waals surface area (Å²) < 4.78 is 13.1. The van der Waals surface area contributed by atoms with Gasteiger partial charge in [-0.25, -0.2) is 9.38 Å². The Balaban J connectivity index is 1.66. The molecule has 9 heteroatoms. The monoisotopic (exact) mass is 485 g/mol. The van der Waals surface area contributed by atoms with Gasteiger partial charge < -0.3 is 4.90 Å². The molecule has 1 amide bonds. The maximum Gasteiger partial charge on any atom is 0.246 e. The Morgan fingerprint density at radius 2 is 2.09 bits per heavy atom. The molecule has 1 fully saturated rings. The zero-order valence-corrected chi connectivity index (χ0v) is 20.0. The van der Waals surface area contributed by atoms with Gasteiger partial charge in [-0.2, -0.15) is 5.26 Å². The van der Waals surface area contributed by atoms with Crippen LogP contribution in [-0.2, 0) is 11.3 Å². The minimum atomic E-state index is -0.241. The smallest absolute Gasteiger partial charge is 0.246 e. The number of thioether (sulfide) groups is 1. The van der Waals surface area contributed by atoms with Gasteiger partial charge in [-0.1, -0.05) is 41.6 Å². The molecule has 6 nitrogen and oxygen atoms in total. The molecule has 0 spiro atoms. The van der Waals surface area contributed by atoms with Crippen LogP contribution in [0.5, 0.6) is 0 Å². The zero-order valence-electron chi connectivity index (χ0n) is 18.5. The van der Waals surface area contributed by atoms with Crippen LogP contribution >= 0.6 is 23.4 Å². The second-order valence-electron chi connectivity index (χ2n) is 7.64. The summed E-state index contributed by atoms with van der Waals surface area (Å²) >= 11 is 7.42. The summed E-state index contributed by atoms with van der Waals surface area (Å²) in [5.74, 6) is -0.316. The van der Waals surface area contributed by atoms with Crippen LogP contribution < -0.4 is 5.32 Å². The lowest BCUT2D eigenvalue weighted by Crippen LogP contribution is -2.53. The number of aliphatic imine (C=N–C) groups is 1. The standard InChI is InChI=1S/C24H25ClFN5OS/c1-17-14-30(15-18-3-8-21(26)9-4-18)11-12-31(17)23(32)10-6-19-5-7-20(25)13-22(19)29-24(33-2)28-16-27/h3-10,13,17H,11-12,14-15H2,1-2H3,(H,28,29). The highest BCUT2D eigenvalue weighted by Crippen LogP contribution is 2.26. The summed E-state index contributed by atoms with van der Waals surface area (Å²) in [7, 11) is 0. The van der Waals surface area contributed by atoms with E-state index in [0.717, 1.165) is 30.8 Å². The molecule has 1 saturated heterocycles. The number of nitrogens with one attached hydrogen (secondary N) is 1. The van der Waals surface area contributed by atoms with Crippen molar-refractivity contribution in [2.45, 2.75) is 19.5 Å². The number of halogens is 2. The Bertz CT molecular complexity index is 1080. The highest BCUT2D eigenvalue weighted by atomic mass is 35.5. The highest BCUT2D eigenvalue weighted by molar-refractivity contribution is 8.13. The average Bonchev–Trinajstić information content (AvgIpc) is 2.79. The van der Waals surface area contributed by atoms with E-state index < -0.39 is 0 Å². The number of benzene rings is 2. The predicted molar refractivity (Wildman–Crippen MR) is 133 cm³/mol. The Kier molecular flexibility index (Phi) is 8.89. The number of nitriles is 1. The van der Waals surface area contributed by atoms with E-state index in [2.05, 4.69) is 15.2 Å². The lowest BCUT2D eigenvalue weighted by Gasteiger charge is -2.39. The van der Waals surface area contributed by atoms with Crippen LogP contribution in [0.25, 0.3) is 6.08 Å². The lowest BCUT2D eigenvalue weighted by atomic mass is 10.1. The van der Waals surface area contributed by atoms with E-state index in [0.29, 0.717) is 22.4 Å². The van der Waals surface area contributed by atoms with Crippen molar-refractivity contribution in [2.24, 2.45) is 4.99 Å². The summed E-state index contributed by atoms with van der Waals surface area (Å²) in [6, 6.07) is 11.8. The molecule has 0 saturated carbocycles. The van der Waals surface area contributed by atoms with E-state index in [-0.39, 0.29) is 17.8 Å². The second kappa shape index (κ2) is 11.8. The van der Waals surface area contributed by atoms with E-state index in [1.165, 1.54) is 23.9 Å².